The summed E-state index contributed by atoms with van der Waals surface area (Å²) in [5.41, 5.74) is -0.512. The van der Waals surface area contributed by atoms with Crippen LogP contribution in [0.3, 0.4) is 0 Å². The zero-order valence-electron chi connectivity index (χ0n) is 19.6. The summed E-state index contributed by atoms with van der Waals surface area (Å²) in [4.78, 5) is 12.5. The highest BCUT2D eigenvalue weighted by atomic mass is 32.2. The van der Waals surface area contributed by atoms with E-state index in [1.54, 1.807) is 43.3 Å². The first-order valence-electron chi connectivity index (χ1n) is 10.8. The second-order valence-electron chi connectivity index (χ2n) is 7.75. The molecule has 0 spiro atoms. The van der Waals surface area contributed by atoms with E-state index in [0.29, 0.717) is 21.9 Å². The van der Waals surface area contributed by atoms with Crippen LogP contribution in [-0.4, -0.2) is 41.1 Å². The summed E-state index contributed by atoms with van der Waals surface area (Å²) in [6.07, 6.45) is -4.68. The van der Waals surface area contributed by atoms with Crippen molar-refractivity contribution in [3.63, 3.8) is 0 Å². The summed E-state index contributed by atoms with van der Waals surface area (Å²) in [5, 5.41) is 2.54. The highest BCUT2D eigenvalue weighted by Crippen LogP contribution is 2.33. The van der Waals surface area contributed by atoms with Crippen molar-refractivity contribution in [2.24, 2.45) is 0 Å². The van der Waals surface area contributed by atoms with Crippen LogP contribution in [0, 0.1) is 6.92 Å². The molecule has 7 nitrogen and oxygen atoms in total. The number of aryl methyl sites for hydroxylation is 1. The molecule has 0 bridgehead atoms. The van der Waals surface area contributed by atoms with E-state index in [2.05, 4.69) is 5.32 Å². The van der Waals surface area contributed by atoms with Gasteiger partial charge in [-0.05, 0) is 61.5 Å². The van der Waals surface area contributed by atoms with Gasteiger partial charge in [-0.25, -0.2) is 8.42 Å². The summed E-state index contributed by atoms with van der Waals surface area (Å²) in [6, 6.07) is 16.4. The highest BCUT2D eigenvalue weighted by molar-refractivity contribution is 7.92. The topological polar surface area (TPSA) is 84.9 Å². The van der Waals surface area contributed by atoms with Gasteiger partial charge in [0.05, 0.1) is 29.8 Å². The van der Waals surface area contributed by atoms with E-state index in [4.69, 9.17) is 9.47 Å². The number of halogens is 3. The fraction of sp³-hybridized carbons (Fsp3) is 0.240. The fourth-order valence-electron chi connectivity index (χ4n) is 3.21. The van der Waals surface area contributed by atoms with Gasteiger partial charge in [-0.2, -0.15) is 13.2 Å². The minimum atomic E-state index is -4.68. The van der Waals surface area contributed by atoms with Gasteiger partial charge in [-0.3, -0.25) is 9.10 Å². The number of nitrogens with one attached hydrogen (secondary N) is 1. The lowest BCUT2D eigenvalue weighted by Crippen LogP contribution is -2.42. The molecule has 3 rings (SSSR count). The van der Waals surface area contributed by atoms with Crippen LogP contribution in [0.5, 0.6) is 11.5 Å². The molecule has 11 heteroatoms. The molecular formula is C25H25F3N2O5S. The maximum atomic E-state index is 13.3. The number of benzene rings is 3. The number of anilines is 1. The molecule has 0 aliphatic rings. The molecule has 0 atom stereocenters. The van der Waals surface area contributed by atoms with Crippen molar-refractivity contribution >= 4 is 21.6 Å². The first-order chi connectivity index (χ1) is 17.0. The molecular weight excluding hydrogens is 497 g/mol. The summed E-state index contributed by atoms with van der Waals surface area (Å²) in [7, 11) is -2.81. The molecule has 36 heavy (non-hydrogen) atoms. The molecule has 192 valence electrons. The Hall–Kier alpha value is -3.73. The second-order valence-corrected chi connectivity index (χ2v) is 9.61. The summed E-state index contributed by atoms with van der Waals surface area (Å²) in [6.45, 7) is 1.18. The quantitative estimate of drug-likeness (QED) is 0.399. The molecule has 1 N–H and O–H groups in total. The Kier molecular flexibility index (Phi) is 8.46. The lowest BCUT2D eigenvalue weighted by Gasteiger charge is -2.25. The zero-order chi connectivity index (χ0) is 26.3. The van der Waals surface area contributed by atoms with Gasteiger partial charge in [0.1, 0.15) is 24.7 Å². The number of alkyl halides is 3. The number of carbonyl (C=O) groups excluding carboxylic acids is 1. The van der Waals surface area contributed by atoms with Crippen LogP contribution in [0.2, 0.25) is 0 Å². The van der Waals surface area contributed by atoms with Crippen LogP contribution in [0.1, 0.15) is 11.1 Å². The molecule has 0 aliphatic carbocycles. The third-order valence-electron chi connectivity index (χ3n) is 5.11. The molecule has 0 saturated heterocycles. The maximum Gasteiger partial charge on any atom is 0.416 e. The summed E-state index contributed by atoms with van der Waals surface area (Å²) >= 11 is 0. The van der Waals surface area contributed by atoms with Gasteiger partial charge < -0.3 is 14.8 Å². The molecule has 0 saturated carbocycles. The fourth-order valence-corrected chi connectivity index (χ4v) is 4.62. The minimum Gasteiger partial charge on any atom is -0.497 e. The van der Waals surface area contributed by atoms with Crippen LogP contribution in [0.4, 0.5) is 18.9 Å². The van der Waals surface area contributed by atoms with Crippen LogP contribution in [0.25, 0.3) is 0 Å². The second kappa shape index (κ2) is 11.3. The van der Waals surface area contributed by atoms with Crippen molar-refractivity contribution in [3.05, 3.63) is 83.9 Å². The Bertz CT molecular complexity index is 1280. The third-order valence-corrected chi connectivity index (χ3v) is 6.90. The Morgan fingerprint density at radius 2 is 1.61 bits per heavy atom. The first-order valence-corrected chi connectivity index (χ1v) is 12.2. The third kappa shape index (κ3) is 6.91. The Morgan fingerprint density at radius 3 is 2.22 bits per heavy atom. The minimum absolute atomic E-state index is 0.0475. The van der Waals surface area contributed by atoms with Gasteiger partial charge in [0, 0.05) is 0 Å². The Morgan fingerprint density at radius 1 is 0.972 bits per heavy atom. The number of carbonyl (C=O) groups is 1. The van der Waals surface area contributed by atoms with Gasteiger partial charge in [0.25, 0.3) is 10.0 Å². The van der Waals surface area contributed by atoms with E-state index in [1.807, 2.05) is 0 Å². The lowest BCUT2D eigenvalue weighted by atomic mass is 10.2. The lowest BCUT2D eigenvalue weighted by molar-refractivity contribution is -0.137. The van der Waals surface area contributed by atoms with E-state index in [0.717, 1.165) is 17.7 Å². The molecule has 0 aliphatic heterocycles. The van der Waals surface area contributed by atoms with Crippen LogP contribution >= 0.6 is 0 Å². The van der Waals surface area contributed by atoms with Crippen molar-refractivity contribution < 1.29 is 35.9 Å². The number of nitrogens with zero attached hydrogens (tertiary/aromatic N) is 1. The highest BCUT2D eigenvalue weighted by Gasteiger charge is 2.33. The Labute approximate surface area is 207 Å². The summed E-state index contributed by atoms with van der Waals surface area (Å²) in [5.74, 6) is 0.485. The molecule has 3 aromatic rings. The number of rotatable bonds is 10. The van der Waals surface area contributed by atoms with Gasteiger partial charge in [-0.1, -0.05) is 23.8 Å². The van der Waals surface area contributed by atoms with Gasteiger partial charge in [-0.15, -0.1) is 0 Å². The SMILES string of the molecule is COc1ccc(OCCNC(=O)CN(c2cccc(C(F)(F)F)c2)S(=O)(=O)c2ccc(C)cc2)cc1. The number of sulfonamides is 1. The van der Waals surface area contributed by atoms with E-state index >= 15 is 0 Å². The molecule has 0 fully saturated rings. The number of methoxy groups -OCH3 is 1. The number of ether oxygens (including phenoxy) is 2. The first kappa shape index (κ1) is 26.9. The van der Waals surface area contributed by atoms with E-state index < -0.39 is 34.2 Å². The summed E-state index contributed by atoms with van der Waals surface area (Å²) < 4.78 is 77.7. The largest absolute Gasteiger partial charge is 0.497 e. The average molecular weight is 523 g/mol. The predicted octanol–water partition coefficient (Wildman–Crippen LogP) is 4.41. The van der Waals surface area contributed by atoms with Crippen molar-refractivity contribution in [3.8, 4) is 11.5 Å². The number of hydrogen-bond acceptors (Lipinski definition) is 5. The van der Waals surface area contributed by atoms with Crippen molar-refractivity contribution in [2.45, 2.75) is 18.0 Å². The zero-order valence-corrected chi connectivity index (χ0v) is 20.4. The molecule has 1 amide bonds. The van der Waals surface area contributed by atoms with Crippen molar-refractivity contribution in [1.29, 1.82) is 0 Å². The van der Waals surface area contributed by atoms with E-state index in [9.17, 15) is 26.4 Å². The maximum absolute atomic E-state index is 13.3. The Balaban J connectivity index is 1.76. The monoisotopic (exact) mass is 522 g/mol. The molecule has 0 unspecified atom stereocenters. The van der Waals surface area contributed by atoms with E-state index in [-0.39, 0.29) is 23.7 Å². The number of amides is 1. The number of hydrogen-bond donors (Lipinski definition) is 1. The molecule has 0 heterocycles. The molecule has 0 radical (unpaired) electrons. The van der Waals surface area contributed by atoms with Gasteiger partial charge in [0.2, 0.25) is 5.91 Å². The smallest absolute Gasteiger partial charge is 0.416 e. The van der Waals surface area contributed by atoms with Gasteiger partial charge >= 0.3 is 6.18 Å². The predicted molar refractivity (Wildman–Crippen MR) is 129 cm³/mol. The normalized spacial score (nSPS) is 11.6. The van der Waals surface area contributed by atoms with Crippen LogP contribution in [-0.2, 0) is 21.0 Å². The van der Waals surface area contributed by atoms with Crippen molar-refractivity contribution in [1.82, 2.24) is 5.32 Å². The van der Waals surface area contributed by atoms with Crippen molar-refractivity contribution in [2.75, 3.05) is 31.1 Å². The molecule has 0 aromatic heterocycles. The van der Waals surface area contributed by atoms with Crippen LogP contribution < -0.4 is 19.1 Å². The average Bonchev–Trinajstić information content (AvgIpc) is 2.85. The van der Waals surface area contributed by atoms with Crippen LogP contribution in [0.15, 0.2) is 77.7 Å². The molecule has 3 aromatic carbocycles. The van der Waals surface area contributed by atoms with Gasteiger partial charge in [0.15, 0.2) is 0 Å². The standard InChI is InChI=1S/C25H25F3N2O5S/c1-18-6-12-23(13-7-18)36(32,33)30(20-5-3-4-19(16-20)25(26,27)28)17-24(31)29-14-15-35-22-10-8-21(34-2)9-11-22/h3-13,16H,14-15,17H2,1-2H3,(H,29,31). The van der Waals surface area contributed by atoms with E-state index in [1.165, 1.54) is 25.3 Å².